The van der Waals surface area contributed by atoms with Crippen LogP contribution in [-0.2, 0) is 14.8 Å². The van der Waals surface area contributed by atoms with Gasteiger partial charge in [-0.05, 0) is 6.42 Å². The molecular weight excluding hydrogens is 258 g/mol. The lowest BCUT2D eigenvalue weighted by atomic mass is 10.1. The summed E-state index contributed by atoms with van der Waals surface area (Å²) < 4.78 is 24.1. The molecule has 8 heteroatoms. The van der Waals surface area contributed by atoms with Crippen LogP contribution < -0.4 is 5.32 Å². The third-order valence-electron chi connectivity index (χ3n) is 3.43. The first kappa shape index (κ1) is 13.7. The van der Waals surface area contributed by atoms with Crippen LogP contribution in [0.15, 0.2) is 0 Å². The lowest BCUT2D eigenvalue weighted by Crippen LogP contribution is -2.53. The molecule has 0 aromatic rings. The van der Waals surface area contributed by atoms with Gasteiger partial charge in [0, 0.05) is 32.7 Å². The van der Waals surface area contributed by atoms with E-state index in [1.165, 1.54) is 10.6 Å². The SMILES string of the molecule is CS(=O)(=O)N1CCN(C(=O)C2CC(O)CN2)CC1. The van der Waals surface area contributed by atoms with E-state index in [1.54, 1.807) is 4.90 Å². The first-order valence-electron chi connectivity index (χ1n) is 6.03. The number of rotatable bonds is 2. The van der Waals surface area contributed by atoms with Gasteiger partial charge in [-0.1, -0.05) is 0 Å². The van der Waals surface area contributed by atoms with Crippen molar-refractivity contribution in [3.63, 3.8) is 0 Å². The van der Waals surface area contributed by atoms with Crippen molar-refractivity contribution in [3.05, 3.63) is 0 Å². The minimum Gasteiger partial charge on any atom is -0.392 e. The number of aliphatic hydroxyl groups excluding tert-OH is 1. The van der Waals surface area contributed by atoms with Crippen molar-refractivity contribution < 1.29 is 18.3 Å². The number of piperazine rings is 1. The predicted molar refractivity (Wildman–Crippen MR) is 65.4 cm³/mol. The van der Waals surface area contributed by atoms with E-state index in [2.05, 4.69) is 5.32 Å². The molecule has 2 aliphatic heterocycles. The molecule has 1 amide bonds. The van der Waals surface area contributed by atoms with Gasteiger partial charge in [-0.3, -0.25) is 4.79 Å². The molecule has 0 aromatic carbocycles. The Balaban J connectivity index is 1.88. The monoisotopic (exact) mass is 277 g/mol. The normalized spacial score (nSPS) is 30.7. The van der Waals surface area contributed by atoms with Crippen molar-refractivity contribution in [3.8, 4) is 0 Å². The number of sulfonamides is 1. The molecule has 18 heavy (non-hydrogen) atoms. The summed E-state index contributed by atoms with van der Waals surface area (Å²) in [5.41, 5.74) is 0. The number of amides is 1. The largest absolute Gasteiger partial charge is 0.392 e. The average Bonchev–Trinajstić information content (AvgIpc) is 2.74. The second-order valence-electron chi connectivity index (χ2n) is 4.84. The molecule has 0 radical (unpaired) electrons. The molecule has 2 rings (SSSR count). The Hall–Kier alpha value is -0.700. The summed E-state index contributed by atoms with van der Waals surface area (Å²) in [6, 6.07) is -0.329. The Morgan fingerprint density at radius 1 is 1.28 bits per heavy atom. The average molecular weight is 277 g/mol. The van der Waals surface area contributed by atoms with Gasteiger partial charge in [-0.15, -0.1) is 0 Å². The van der Waals surface area contributed by atoms with Crippen LogP contribution in [0.2, 0.25) is 0 Å². The molecule has 2 saturated heterocycles. The van der Waals surface area contributed by atoms with E-state index < -0.39 is 16.1 Å². The Morgan fingerprint density at radius 2 is 1.89 bits per heavy atom. The summed E-state index contributed by atoms with van der Waals surface area (Å²) in [6.45, 7) is 1.97. The predicted octanol–water partition coefficient (Wildman–Crippen LogP) is -2.19. The Bertz CT molecular complexity index is 417. The number of β-amino-alcohol motifs (C(OH)–C–C–N with tert-alkyl or cyclic N) is 1. The molecule has 2 heterocycles. The highest BCUT2D eigenvalue weighted by Crippen LogP contribution is 2.12. The second kappa shape index (κ2) is 5.12. The number of carbonyl (C=O) groups excluding carboxylic acids is 1. The van der Waals surface area contributed by atoms with Crippen LogP contribution in [0.3, 0.4) is 0 Å². The lowest BCUT2D eigenvalue weighted by molar-refractivity contribution is -0.134. The zero-order valence-electron chi connectivity index (χ0n) is 10.4. The molecule has 2 atom stereocenters. The van der Waals surface area contributed by atoms with Gasteiger partial charge in [0.2, 0.25) is 15.9 Å². The topological polar surface area (TPSA) is 90.0 Å². The van der Waals surface area contributed by atoms with Gasteiger partial charge in [0.15, 0.2) is 0 Å². The van der Waals surface area contributed by atoms with E-state index in [0.29, 0.717) is 39.1 Å². The van der Waals surface area contributed by atoms with E-state index in [4.69, 9.17) is 0 Å². The van der Waals surface area contributed by atoms with Gasteiger partial charge in [0.25, 0.3) is 0 Å². The van der Waals surface area contributed by atoms with Gasteiger partial charge in [0.05, 0.1) is 18.4 Å². The molecule has 104 valence electrons. The van der Waals surface area contributed by atoms with Gasteiger partial charge < -0.3 is 15.3 Å². The van der Waals surface area contributed by atoms with Crippen molar-refractivity contribution in [2.24, 2.45) is 0 Å². The molecule has 2 aliphatic rings. The van der Waals surface area contributed by atoms with E-state index in [-0.39, 0.29) is 11.9 Å². The molecule has 2 N–H and O–H groups in total. The summed E-state index contributed by atoms with van der Waals surface area (Å²) in [4.78, 5) is 13.8. The first-order chi connectivity index (χ1) is 8.38. The van der Waals surface area contributed by atoms with Crippen molar-refractivity contribution in [1.29, 1.82) is 0 Å². The highest BCUT2D eigenvalue weighted by molar-refractivity contribution is 7.88. The minimum absolute atomic E-state index is 0.0419. The van der Waals surface area contributed by atoms with Gasteiger partial charge in [-0.25, -0.2) is 8.42 Å². The van der Waals surface area contributed by atoms with Gasteiger partial charge in [-0.2, -0.15) is 4.31 Å². The van der Waals surface area contributed by atoms with Crippen LogP contribution in [0.25, 0.3) is 0 Å². The Labute approximate surface area is 107 Å². The van der Waals surface area contributed by atoms with Crippen LogP contribution in [-0.4, -0.2) is 79.8 Å². The molecule has 0 aliphatic carbocycles. The van der Waals surface area contributed by atoms with E-state index >= 15 is 0 Å². The zero-order chi connectivity index (χ0) is 13.3. The molecule has 0 bridgehead atoms. The maximum absolute atomic E-state index is 12.1. The van der Waals surface area contributed by atoms with Crippen LogP contribution in [0.1, 0.15) is 6.42 Å². The molecule has 2 fully saturated rings. The van der Waals surface area contributed by atoms with Crippen molar-refractivity contribution in [1.82, 2.24) is 14.5 Å². The van der Waals surface area contributed by atoms with Gasteiger partial charge in [0.1, 0.15) is 0 Å². The quantitative estimate of drug-likeness (QED) is 0.598. The summed E-state index contributed by atoms with van der Waals surface area (Å²) in [5, 5.41) is 12.3. The van der Waals surface area contributed by atoms with Crippen molar-refractivity contribution in [2.75, 3.05) is 39.0 Å². The summed E-state index contributed by atoms with van der Waals surface area (Å²) >= 11 is 0. The second-order valence-corrected chi connectivity index (χ2v) is 6.82. The molecule has 2 unspecified atom stereocenters. The number of nitrogens with one attached hydrogen (secondary N) is 1. The van der Waals surface area contributed by atoms with Crippen molar-refractivity contribution >= 4 is 15.9 Å². The molecular formula is C10H19N3O4S. The van der Waals surface area contributed by atoms with Crippen LogP contribution in [0.5, 0.6) is 0 Å². The molecule has 0 saturated carbocycles. The summed E-state index contributed by atoms with van der Waals surface area (Å²) in [5.74, 6) is -0.0419. The summed E-state index contributed by atoms with van der Waals surface area (Å²) in [6.07, 6.45) is 1.15. The maximum Gasteiger partial charge on any atom is 0.239 e. The molecule has 0 aromatic heterocycles. The first-order valence-corrected chi connectivity index (χ1v) is 7.88. The van der Waals surface area contributed by atoms with Crippen LogP contribution in [0.4, 0.5) is 0 Å². The van der Waals surface area contributed by atoms with Crippen LogP contribution in [0, 0.1) is 0 Å². The summed E-state index contributed by atoms with van der Waals surface area (Å²) in [7, 11) is -3.16. The van der Waals surface area contributed by atoms with E-state index in [0.717, 1.165) is 0 Å². The van der Waals surface area contributed by atoms with E-state index in [9.17, 15) is 18.3 Å². The van der Waals surface area contributed by atoms with E-state index in [1.807, 2.05) is 0 Å². The number of hydrogen-bond donors (Lipinski definition) is 2. The number of carbonyl (C=O) groups is 1. The Morgan fingerprint density at radius 3 is 2.33 bits per heavy atom. The lowest BCUT2D eigenvalue weighted by Gasteiger charge is -2.34. The van der Waals surface area contributed by atoms with Crippen LogP contribution >= 0.6 is 0 Å². The fourth-order valence-corrected chi connectivity index (χ4v) is 3.19. The number of hydrogen-bond acceptors (Lipinski definition) is 5. The third-order valence-corrected chi connectivity index (χ3v) is 4.73. The molecule has 0 spiro atoms. The minimum atomic E-state index is -3.16. The molecule has 7 nitrogen and oxygen atoms in total. The standard InChI is InChI=1S/C10H19N3O4S/c1-18(16,17)13-4-2-12(3-5-13)10(15)9-6-8(14)7-11-9/h8-9,11,14H,2-7H2,1H3. The number of aliphatic hydroxyl groups is 1. The van der Waals surface area contributed by atoms with Gasteiger partial charge >= 0.3 is 0 Å². The fourth-order valence-electron chi connectivity index (χ4n) is 2.37. The zero-order valence-corrected chi connectivity index (χ0v) is 11.2. The fraction of sp³-hybridized carbons (Fsp3) is 0.900. The highest BCUT2D eigenvalue weighted by Gasteiger charge is 2.33. The maximum atomic E-state index is 12.1. The number of nitrogens with zero attached hydrogens (tertiary/aromatic N) is 2. The smallest absolute Gasteiger partial charge is 0.239 e. The van der Waals surface area contributed by atoms with Crippen molar-refractivity contribution in [2.45, 2.75) is 18.6 Å². The third kappa shape index (κ3) is 3.00. The highest BCUT2D eigenvalue weighted by atomic mass is 32.2. The Kier molecular flexibility index (Phi) is 3.90.